The van der Waals surface area contributed by atoms with Crippen LogP contribution < -0.4 is 5.32 Å². The summed E-state index contributed by atoms with van der Waals surface area (Å²) in [7, 11) is 0. The topological polar surface area (TPSA) is 75.6 Å². The van der Waals surface area contributed by atoms with E-state index in [9.17, 15) is 18.4 Å². The maximum atomic E-state index is 14.2. The van der Waals surface area contributed by atoms with Crippen LogP contribution in [0.2, 0.25) is 0 Å². The van der Waals surface area contributed by atoms with Gasteiger partial charge in [0.15, 0.2) is 0 Å². The predicted molar refractivity (Wildman–Crippen MR) is 77.9 cm³/mol. The SMILES string of the molecule is CC(CNC(=O)C1(c2ccc(F)cc2F)CCOCC1)C(=O)O. The van der Waals surface area contributed by atoms with Crippen molar-refractivity contribution in [1.82, 2.24) is 5.32 Å². The molecule has 0 bridgehead atoms. The molecule has 23 heavy (non-hydrogen) atoms. The van der Waals surface area contributed by atoms with Crippen molar-refractivity contribution in [3.8, 4) is 0 Å². The normalized spacial score (nSPS) is 18.2. The van der Waals surface area contributed by atoms with E-state index in [-0.39, 0.29) is 38.2 Å². The molecule has 1 unspecified atom stereocenters. The van der Waals surface area contributed by atoms with E-state index in [1.54, 1.807) is 0 Å². The Labute approximate surface area is 132 Å². The zero-order chi connectivity index (χ0) is 17.0. The van der Waals surface area contributed by atoms with Gasteiger partial charge in [-0.15, -0.1) is 0 Å². The molecule has 1 heterocycles. The van der Waals surface area contributed by atoms with Crippen LogP contribution in [0.25, 0.3) is 0 Å². The van der Waals surface area contributed by atoms with Gasteiger partial charge >= 0.3 is 5.97 Å². The number of halogens is 2. The summed E-state index contributed by atoms with van der Waals surface area (Å²) in [6.07, 6.45) is 0.506. The fraction of sp³-hybridized carbons (Fsp3) is 0.500. The highest BCUT2D eigenvalue weighted by Gasteiger charge is 2.43. The summed E-state index contributed by atoms with van der Waals surface area (Å²) in [6, 6.07) is 3.14. The van der Waals surface area contributed by atoms with E-state index < -0.39 is 34.8 Å². The molecule has 0 saturated carbocycles. The first kappa shape index (κ1) is 17.3. The fourth-order valence-corrected chi connectivity index (χ4v) is 2.72. The van der Waals surface area contributed by atoms with Gasteiger partial charge in [0.1, 0.15) is 11.6 Å². The van der Waals surface area contributed by atoms with Crippen molar-refractivity contribution >= 4 is 11.9 Å². The molecule has 1 aliphatic heterocycles. The Morgan fingerprint density at radius 1 is 1.35 bits per heavy atom. The number of carbonyl (C=O) groups is 2. The zero-order valence-electron chi connectivity index (χ0n) is 12.8. The molecule has 0 aromatic heterocycles. The maximum Gasteiger partial charge on any atom is 0.308 e. The molecule has 5 nitrogen and oxygen atoms in total. The third-order valence-corrected chi connectivity index (χ3v) is 4.22. The van der Waals surface area contributed by atoms with Gasteiger partial charge in [-0.2, -0.15) is 0 Å². The molecular formula is C16H19F2NO4. The van der Waals surface area contributed by atoms with Crippen LogP contribution in [0.4, 0.5) is 8.78 Å². The van der Waals surface area contributed by atoms with Crippen LogP contribution in [0.1, 0.15) is 25.3 Å². The summed E-state index contributed by atoms with van der Waals surface area (Å²) in [5, 5.41) is 11.5. The van der Waals surface area contributed by atoms with Crippen LogP contribution in [0.15, 0.2) is 18.2 Å². The summed E-state index contributed by atoms with van der Waals surface area (Å²) in [6.45, 7) is 1.97. The zero-order valence-corrected chi connectivity index (χ0v) is 12.8. The largest absolute Gasteiger partial charge is 0.481 e. The molecule has 2 rings (SSSR count). The second-order valence-corrected chi connectivity index (χ2v) is 5.77. The number of amides is 1. The number of carboxylic acids is 1. The number of carbonyl (C=O) groups excluding carboxylic acids is 1. The summed E-state index contributed by atoms with van der Waals surface area (Å²) in [5.41, 5.74) is -1.06. The highest BCUT2D eigenvalue weighted by atomic mass is 19.1. The molecular weight excluding hydrogens is 308 g/mol. The van der Waals surface area contributed by atoms with Gasteiger partial charge in [-0.05, 0) is 18.9 Å². The van der Waals surface area contributed by atoms with E-state index in [2.05, 4.69) is 5.32 Å². The average molecular weight is 327 g/mol. The Morgan fingerprint density at radius 3 is 2.57 bits per heavy atom. The standard InChI is InChI=1S/C16H19F2NO4/c1-10(14(20)21)9-19-15(22)16(4-6-23-7-5-16)12-3-2-11(17)8-13(12)18/h2-3,8,10H,4-7,9H2,1H3,(H,19,22)(H,20,21). The summed E-state index contributed by atoms with van der Waals surface area (Å²) in [4.78, 5) is 23.5. The lowest BCUT2D eigenvalue weighted by atomic mass is 9.73. The lowest BCUT2D eigenvalue weighted by Crippen LogP contribution is -2.49. The second kappa shape index (κ2) is 7.04. The molecule has 1 aromatic rings. The summed E-state index contributed by atoms with van der Waals surface area (Å²) in [5.74, 6) is -3.74. The second-order valence-electron chi connectivity index (χ2n) is 5.77. The van der Waals surface area contributed by atoms with E-state index in [0.29, 0.717) is 0 Å². The molecule has 0 aliphatic carbocycles. The number of nitrogens with one attached hydrogen (secondary N) is 1. The molecule has 1 aromatic carbocycles. The molecule has 1 saturated heterocycles. The van der Waals surface area contributed by atoms with Crippen LogP contribution in [-0.4, -0.2) is 36.7 Å². The highest BCUT2D eigenvalue weighted by molar-refractivity contribution is 5.88. The lowest BCUT2D eigenvalue weighted by molar-refractivity contribution is -0.141. The smallest absolute Gasteiger partial charge is 0.308 e. The molecule has 0 radical (unpaired) electrons. The van der Waals surface area contributed by atoms with Crippen LogP contribution >= 0.6 is 0 Å². The van der Waals surface area contributed by atoms with E-state index in [4.69, 9.17) is 9.84 Å². The Morgan fingerprint density at radius 2 is 2.00 bits per heavy atom. The number of carboxylic acid groups (broad SMARTS) is 1. The summed E-state index contributed by atoms with van der Waals surface area (Å²) < 4.78 is 32.6. The van der Waals surface area contributed by atoms with Crippen molar-refractivity contribution in [3.63, 3.8) is 0 Å². The van der Waals surface area contributed by atoms with Crippen molar-refractivity contribution in [2.45, 2.75) is 25.2 Å². The molecule has 1 aliphatic rings. The molecule has 1 atom stereocenters. The fourth-order valence-electron chi connectivity index (χ4n) is 2.72. The molecule has 1 fully saturated rings. The number of ether oxygens (including phenoxy) is 1. The Bertz CT molecular complexity index is 600. The first-order valence-corrected chi connectivity index (χ1v) is 7.41. The van der Waals surface area contributed by atoms with Crippen molar-refractivity contribution in [1.29, 1.82) is 0 Å². The van der Waals surface area contributed by atoms with Gasteiger partial charge in [-0.1, -0.05) is 13.0 Å². The van der Waals surface area contributed by atoms with Crippen LogP contribution in [-0.2, 0) is 19.7 Å². The number of hydrogen-bond acceptors (Lipinski definition) is 3. The third kappa shape index (κ3) is 3.67. The van der Waals surface area contributed by atoms with Crippen molar-refractivity contribution in [3.05, 3.63) is 35.4 Å². The Balaban J connectivity index is 2.28. The minimum absolute atomic E-state index is 0.0560. The molecule has 2 N–H and O–H groups in total. The van der Waals surface area contributed by atoms with Gasteiger partial charge in [0.05, 0.1) is 11.3 Å². The summed E-state index contributed by atoms with van der Waals surface area (Å²) >= 11 is 0. The molecule has 1 amide bonds. The number of benzene rings is 1. The number of rotatable bonds is 5. The minimum Gasteiger partial charge on any atom is -0.481 e. The van der Waals surface area contributed by atoms with E-state index in [1.165, 1.54) is 13.0 Å². The van der Waals surface area contributed by atoms with Crippen molar-refractivity contribution in [2.75, 3.05) is 19.8 Å². The Hall–Kier alpha value is -2.02. The average Bonchev–Trinajstić information content (AvgIpc) is 2.52. The highest BCUT2D eigenvalue weighted by Crippen LogP contribution is 2.37. The molecule has 0 spiro atoms. The number of hydrogen-bond donors (Lipinski definition) is 2. The predicted octanol–water partition coefficient (Wildman–Crippen LogP) is 1.85. The van der Waals surface area contributed by atoms with Gasteiger partial charge < -0.3 is 15.2 Å². The quantitative estimate of drug-likeness (QED) is 0.865. The first-order chi connectivity index (χ1) is 10.9. The molecule has 126 valence electrons. The van der Waals surface area contributed by atoms with E-state index in [1.807, 2.05) is 0 Å². The maximum absolute atomic E-state index is 14.2. The van der Waals surface area contributed by atoms with Crippen LogP contribution in [0.3, 0.4) is 0 Å². The van der Waals surface area contributed by atoms with Crippen molar-refractivity contribution < 1.29 is 28.2 Å². The van der Waals surface area contributed by atoms with Crippen LogP contribution in [0, 0.1) is 17.6 Å². The Kier molecular flexibility index (Phi) is 5.30. The van der Waals surface area contributed by atoms with Gasteiger partial charge in [-0.25, -0.2) is 8.78 Å². The third-order valence-electron chi connectivity index (χ3n) is 4.22. The van der Waals surface area contributed by atoms with Crippen molar-refractivity contribution in [2.24, 2.45) is 5.92 Å². The minimum atomic E-state index is -1.17. The van der Waals surface area contributed by atoms with Gasteiger partial charge in [0, 0.05) is 31.4 Å². The van der Waals surface area contributed by atoms with E-state index in [0.717, 1.165) is 12.1 Å². The first-order valence-electron chi connectivity index (χ1n) is 7.41. The number of aliphatic carboxylic acids is 1. The lowest BCUT2D eigenvalue weighted by Gasteiger charge is -2.36. The molecule has 7 heteroatoms. The van der Waals surface area contributed by atoms with E-state index >= 15 is 0 Å². The van der Waals surface area contributed by atoms with Gasteiger partial charge in [0.2, 0.25) is 5.91 Å². The van der Waals surface area contributed by atoms with Crippen LogP contribution in [0.5, 0.6) is 0 Å². The van der Waals surface area contributed by atoms with Gasteiger partial charge in [-0.3, -0.25) is 9.59 Å². The monoisotopic (exact) mass is 327 g/mol. The van der Waals surface area contributed by atoms with Gasteiger partial charge in [0.25, 0.3) is 0 Å².